The van der Waals surface area contributed by atoms with Crippen molar-refractivity contribution >= 4 is 0 Å². The maximum Gasteiger partial charge on any atom is 0.112 e. The van der Waals surface area contributed by atoms with E-state index in [0.717, 1.165) is 29.5 Å². The van der Waals surface area contributed by atoms with Crippen LogP contribution in [-0.2, 0) is 0 Å². The Kier molecular flexibility index (Phi) is 3.51. The number of rotatable bonds is 5. The van der Waals surface area contributed by atoms with E-state index in [1.807, 2.05) is 18.2 Å². The van der Waals surface area contributed by atoms with E-state index in [-0.39, 0.29) is 6.04 Å². The van der Waals surface area contributed by atoms with Gasteiger partial charge in [-0.25, -0.2) is 0 Å². The van der Waals surface area contributed by atoms with Gasteiger partial charge in [0.1, 0.15) is 5.69 Å². The van der Waals surface area contributed by atoms with Crippen molar-refractivity contribution in [2.45, 2.75) is 25.8 Å². The summed E-state index contributed by atoms with van der Waals surface area (Å²) in [6, 6.07) is 6.06. The predicted octanol–water partition coefficient (Wildman–Crippen LogP) is 2.60. The van der Waals surface area contributed by atoms with Crippen molar-refractivity contribution in [3.8, 4) is 11.4 Å². The van der Waals surface area contributed by atoms with Gasteiger partial charge in [-0.15, -0.1) is 0 Å². The van der Waals surface area contributed by atoms with Gasteiger partial charge >= 0.3 is 0 Å². The quantitative estimate of drug-likeness (QED) is 0.891. The molecule has 2 aromatic heterocycles. The first-order valence-electron chi connectivity index (χ1n) is 6.80. The van der Waals surface area contributed by atoms with Crippen LogP contribution in [0, 0.1) is 5.92 Å². The van der Waals surface area contributed by atoms with Gasteiger partial charge in [0.25, 0.3) is 0 Å². The first kappa shape index (κ1) is 12.2. The summed E-state index contributed by atoms with van der Waals surface area (Å²) in [5.41, 5.74) is 2.73. The molecule has 19 heavy (non-hydrogen) atoms. The van der Waals surface area contributed by atoms with Crippen molar-refractivity contribution in [1.29, 1.82) is 0 Å². The summed E-state index contributed by atoms with van der Waals surface area (Å²) in [6.45, 7) is 3.21. The van der Waals surface area contributed by atoms with E-state index in [2.05, 4.69) is 27.2 Å². The van der Waals surface area contributed by atoms with Crippen LogP contribution in [-0.4, -0.2) is 21.5 Å². The zero-order chi connectivity index (χ0) is 13.1. The minimum Gasteiger partial charge on any atom is -0.309 e. The smallest absolute Gasteiger partial charge is 0.112 e. The molecule has 1 saturated carbocycles. The van der Waals surface area contributed by atoms with Gasteiger partial charge in [0.2, 0.25) is 0 Å². The SMILES string of the molecule is CC(NCC1CC1)c1nccnc1-c1ccccn1. The van der Waals surface area contributed by atoms with Crippen LogP contribution in [0.25, 0.3) is 11.4 Å². The zero-order valence-electron chi connectivity index (χ0n) is 11.1. The third kappa shape index (κ3) is 2.96. The third-order valence-electron chi connectivity index (χ3n) is 3.45. The van der Waals surface area contributed by atoms with Crippen LogP contribution >= 0.6 is 0 Å². The molecular weight excluding hydrogens is 236 g/mol. The van der Waals surface area contributed by atoms with Gasteiger partial charge in [-0.1, -0.05) is 6.07 Å². The molecule has 2 heterocycles. The lowest BCUT2D eigenvalue weighted by molar-refractivity contribution is 0.538. The third-order valence-corrected chi connectivity index (χ3v) is 3.45. The highest BCUT2D eigenvalue weighted by molar-refractivity contribution is 5.56. The molecule has 0 amide bonds. The normalized spacial score (nSPS) is 16.3. The molecular formula is C15H18N4. The highest BCUT2D eigenvalue weighted by Crippen LogP contribution is 2.29. The fourth-order valence-electron chi connectivity index (χ4n) is 2.13. The Balaban J connectivity index is 1.83. The minimum absolute atomic E-state index is 0.200. The average molecular weight is 254 g/mol. The molecule has 1 N–H and O–H groups in total. The van der Waals surface area contributed by atoms with Crippen LogP contribution in [0.5, 0.6) is 0 Å². The Morgan fingerprint density at radius 3 is 2.74 bits per heavy atom. The Morgan fingerprint density at radius 1 is 1.16 bits per heavy atom. The molecule has 2 aromatic rings. The molecule has 0 aliphatic heterocycles. The maximum atomic E-state index is 4.49. The summed E-state index contributed by atoms with van der Waals surface area (Å²) in [5.74, 6) is 0.859. The van der Waals surface area contributed by atoms with Crippen LogP contribution < -0.4 is 5.32 Å². The van der Waals surface area contributed by atoms with Crippen LogP contribution in [0.1, 0.15) is 31.5 Å². The lowest BCUT2D eigenvalue weighted by Gasteiger charge is -2.15. The first-order chi connectivity index (χ1) is 9.34. The Hall–Kier alpha value is -1.81. The van der Waals surface area contributed by atoms with E-state index < -0.39 is 0 Å². The number of aromatic nitrogens is 3. The summed E-state index contributed by atoms with van der Waals surface area (Å²) in [4.78, 5) is 13.3. The van der Waals surface area contributed by atoms with Gasteiger partial charge in [0.15, 0.2) is 0 Å². The highest BCUT2D eigenvalue weighted by atomic mass is 15.0. The van der Waals surface area contributed by atoms with Crippen molar-refractivity contribution in [2.24, 2.45) is 5.92 Å². The summed E-state index contributed by atoms with van der Waals surface area (Å²) >= 11 is 0. The van der Waals surface area contributed by atoms with E-state index >= 15 is 0 Å². The standard InChI is InChI=1S/C15H18N4/c1-11(19-10-12-5-6-12)14-15(18-9-8-17-14)13-4-2-3-7-16-13/h2-4,7-9,11-12,19H,5-6,10H2,1H3. The van der Waals surface area contributed by atoms with Gasteiger partial charge in [-0.2, -0.15) is 0 Å². The molecule has 0 saturated heterocycles. The lowest BCUT2D eigenvalue weighted by Crippen LogP contribution is -2.22. The van der Waals surface area contributed by atoms with Crippen LogP contribution in [0.2, 0.25) is 0 Å². The molecule has 0 radical (unpaired) electrons. The monoisotopic (exact) mass is 254 g/mol. The van der Waals surface area contributed by atoms with Crippen molar-refractivity contribution in [1.82, 2.24) is 20.3 Å². The molecule has 3 rings (SSSR count). The molecule has 0 aromatic carbocycles. The first-order valence-corrected chi connectivity index (χ1v) is 6.80. The number of nitrogens with zero attached hydrogens (tertiary/aromatic N) is 3. The van der Waals surface area contributed by atoms with E-state index in [4.69, 9.17) is 0 Å². The molecule has 0 spiro atoms. The van der Waals surface area contributed by atoms with E-state index in [0.29, 0.717) is 0 Å². The summed E-state index contributed by atoms with van der Waals surface area (Å²) in [6.07, 6.45) is 7.97. The molecule has 4 heteroatoms. The van der Waals surface area contributed by atoms with Crippen LogP contribution in [0.4, 0.5) is 0 Å². The van der Waals surface area contributed by atoms with E-state index in [1.165, 1.54) is 12.8 Å². The van der Waals surface area contributed by atoms with Crippen molar-refractivity contribution in [3.05, 3.63) is 42.5 Å². The number of hydrogen-bond acceptors (Lipinski definition) is 4. The van der Waals surface area contributed by atoms with E-state index in [1.54, 1.807) is 18.6 Å². The van der Waals surface area contributed by atoms with Crippen molar-refractivity contribution in [2.75, 3.05) is 6.54 Å². The average Bonchev–Trinajstić information content (AvgIpc) is 3.30. The zero-order valence-corrected chi connectivity index (χ0v) is 11.1. The second-order valence-corrected chi connectivity index (χ2v) is 5.08. The van der Waals surface area contributed by atoms with Crippen molar-refractivity contribution in [3.63, 3.8) is 0 Å². The molecule has 98 valence electrons. The van der Waals surface area contributed by atoms with Crippen LogP contribution in [0.15, 0.2) is 36.8 Å². The Bertz CT molecular complexity index is 537. The number of nitrogens with one attached hydrogen (secondary N) is 1. The van der Waals surface area contributed by atoms with Crippen molar-refractivity contribution < 1.29 is 0 Å². The largest absolute Gasteiger partial charge is 0.309 e. The Morgan fingerprint density at radius 2 is 2.00 bits per heavy atom. The molecule has 0 bridgehead atoms. The second-order valence-electron chi connectivity index (χ2n) is 5.08. The summed E-state index contributed by atoms with van der Waals surface area (Å²) < 4.78 is 0. The summed E-state index contributed by atoms with van der Waals surface area (Å²) in [5, 5.41) is 3.54. The molecule has 1 unspecified atom stereocenters. The highest BCUT2D eigenvalue weighted by Gasteiger charge is 2.23. The second kappa shape index (κ2) is 5.45. The number of hydrogen-bond donors (Lipinski definition) is 1. The molecule has 4 nitrogen and oxygen atoms in total. The predicted molar refractivity (Wildman–Crippen MR) is 74.4 cm³/mol. The minimum atomic E-state index is 0.200. The fourth-order valence-corrected chi connectivity index (χ4v) is 2.13. The van der Waals surface area contributed by atoms with Gasteiger partial charge in [0, 0.05) is 24.6 Å². The van der Waals surface area contributed by atoms with Gasteiger partial charge in [-0.3, -0.25) is 15.0 Å². The fraction of sp³-hybridized carbons (Fsp3) is 0.400. The van der Waals surface area contributed by atoms with Gasteiger partial charge in [0.05, 0.1) is 11.4 Å². The summed E-state index contributed by atoms with van der Waals surface area (Å²) in [7, 11) is 0. The van der Waals surface area contributed by atoms with E-state index in [9.17, 15) is 0 Å². The molecule has 1 aliphatic rings. The topological polar surface area (TPSA) is 50.7 Å². The number of pyridine rings is 1. The molecule has 1 fully saturated rings. The maximum absolute atomic E-state index is 4.49. The molecule has 1 aliphatic carbocycles. The van der Waals surface area contributed by atoms with Gasteiger partial charge < -0.3 is 5.32 Å². The Labute approximate surface area is 113 Å². The molecule has 1 atom stereocenters. The lowest BCUT2D eigenvalue weighted by atomic mass is 10.1. The van der Waals surface area contributed by atoms with Crippen LogP contribution in [0.3, 0.4) is 0 Å². The van der Waals surface area contributed by atoms with Gasteiger partial charge in [-0.05, 0) is 44.4 Å².